The first-order chi connectivity index (χ1) is 13.1. The van der Waals surface area contributed by atoms with Crippen LogP contribution in [0.1, 0.15) is 54.2 Å². The number of hydrogen-bond acceptors (Lipinski definition) is 5. The van der Waals surface area contributed by atoms with E-state index in [-0.39, 0.29) is 6.04 Å². The third-order valence-corrected chi connectivity index (χ3v) is 9.14. The van der Waals surface area contributed by atoms with Gasteiger partial charge in [-0.1, -0.05) is 43.4 Å². The van der Waals surface area contributed by atoms with Crippen molar-refractivity contribution in [3.63, 3.8) is 0 Å². The normalized spacial score (nSPS) is 21.1. The topological polar surface area (TPSA) is 50.9 Å². The van der Waals surface area contributed by atoms with E-state index in [1.807, 2.05) is 17.4 Å². The molecular weight excluding hydrogens is 509 g/mol. The quantitative estimate of drug-likeness (QED) is 0.282. The van der Waals surface area contributed by atoms with Crippen molar-refractivity contribution in [1.29, 1.82) is 0 Å². The van der Waals surface area contributed by atoms with E-state index in [4.69, 9.17) is 17.3 Å². The summed E-state index contributed by atoms with van der Waals surface area (Å²) in [5.41, 5.74) is 8.70. The van der Waals surface area contributed by atoms with Gasteiger partial charge < -0.3 is 11.1 Å². The number of thiophene rings is 2. The second kappa shape index (κ2) is 8.95. The number of nitrogens with one attached hydrogen (secondary N) is 1. The molecule has 3 N–H and O–H groups in total. The number of aromatic nitrogens is 1. The van der Waals surface area contributed by atoms with Gasteiger partial charge in [-0.2, -0.15) is 0 Å². The molecule has 3 aromatic rings. The Kier molecular flexibility index (Phi) is 6.59. The Labute approximate surface area is 186 Å². The van der Waals surface area contributed by atoms with Gasteiger partial charge in [0.1, 0.15) is 5.15 Å². The van der Waals surface area contributed by atoms with E-state index < -0.39 is 0 Å². The van der Waals surface area contributed by atoms with Crippen LogP contribution >= 0.6 is 56.9 Å². The second-order valence-corrected chi connectivity index (χ2v) is 10.7. The van der Waals surface area contributed by atoms with Crippen LogP contribution in [0.15, 0.2) is 23.6 Å². The fourth-order valence-electron chi connectivity index (χ4n) is 3.83. The van der Waals surface area contributed by atoms with Crippen LogP contribution in [0.25, 0.3) is 10.2 Å². The van der Waals surface area contributed by atoms with Gasteiger partial charge in [-0.3, -0.25) is 0 Å². The van der Waals surface area contributed by atoms with Crippen molar-refractivity contribution >= 4 is 72.8 Å². The summed E-state index contributed by atoms with van der Waals surface area (Å²) in [6.45, 7) is 0.805. The molecule has 0 bridgehead atoms. The highest BCUT2D eigenvalue weighted by atomic mass is 127. The summed E-state index contributed by atoms with van der Waals surface area (Å²) in [5, 5.41) is 6.22. The predicted octanol–water partition coefficient (Wildman–Crippen LogP) is 6.99. The van der Waals surface area contributed by atoms with E-state index in [1.165, 1.54) is 50.1 Å². The number of pyridine rings is 1. The Hall–Kier alpha value is -0.410. The van der Waals surface area contributed by atoms with Gasteiger partial charge in [0.15, 0.2) is 0 Å². The Morgan fingerprint density at radius 1 is 1.26 bits per heavy atom. The third-order valence-electron chi connectivity index (χ3n) is 5.27. The number of rotatable bonds is 4. The lowest BCUT2D eigenvalue weighted by atomic mass is 9.86. The Balaban J connectivity index is 1.70. The van der Waals surface area contributed by atoms with Crippen molar-refractivity contribution in [2.45, 2.75) is 57.0 Å². The zero-order chi connectivity index (χ0) is 18.8. The Morgan fingerprint density at radius 2 is 2.07 bits per heavy atom. The van der Waals surface area contributed by atoms with Crippen LogP contribution in [0, 0.1) is 3.57 Å². The molecule has 7 heteroatoms. The van der Waals surface area contributed by atoms with E-state index in [1.54, 1.807) is 11.3 Å². The largest absolute Gasteiger partial charge is 0.379 e. The summed E-state index contributed by atoms with van der Waals surface area (Å²) >= 11 is 12.4. The summed E-state index contributed by atoms with van der Waals surface area (Å²) in [6.07, 6.45) is 7.44. The summed E-state index contributed by atoms with van der Waals surface area (Å²) < 4.78 is 2.43. The van der Waals surface area contributed by atoms with Crippen LogP contribution in [0.2, 0.25) is 5.15 Å². The lowest BCUT2D eigenvalue weighted by Crippen LogP contribution is -2.29. The van der Waals surface area contributed by atoms with Crippen molar-refractivity contribution in [1.82, 2.24) is 4.98 Å². The summed E-state index contributed by atoms with van der Waals surface area (Å²) in [7, 11) is 0. The zero-order valence-electron chi connectivity index (χ0n) is 15.0. The van der Waals surface area contributed by atoms with Crippen molar-refractivity contribution in [3.05, 3.63) is 42.1 Å². The van der Waals surface area contributed by atoms with Crippen LogP contribution in [0.3, 0.4) is 0 Å². The molecule has 3 heterocycles. The summed E-state index contributed by atoms with van der Waals surface area (Å²) in [4.78, 5) is 7.36. The summed E-state index contributed by atoms with van der Waals surface area (Å²) in [6, 6.07) is 6.42. The smallest absolute Gasteiger partial charge is 0.131 e. The average Bonchev–Trinajstić information content (AvgIpc) is 3.26. The van der Waals surface area contributed by atoms with Gasteiger partial charge in [0.2, 0.25) is 0 Å². The van der Waals surface area contributed by atoms with E-state index in [0.717, 1.165) is 24.2 Å². The molecule has 0 unspecified atom stereocenters. The first-order valence-corrected chi connectivity index (χ1v) is 12.6. The highest BCUT2D eigenvalue weighted by molar-refractivity contribution is 14.1. The SMILES string of the molecule is N[C@H]1CCCCCC[C@@H]1c1sc2c(NCc3cccs3)cc(Cl)nc2c1I. The molecule has 0 amide bonds. The lowest BCUT2D eigenvalue weighted by molar-refractivity contribution is 0.407. The standard InChI is InChI=1S/C20H23ClIN3S2/c21-16-10-15(24-11-12-6-5-9-26-12)20-18(25-16)17(22)19(27-20)13-7-3-1-2-4-8-14(13)23/h5-6,9-10,13-14H,1-4,7-8,11,23H2,(H,24,25)/t13-,14-/m0/s1. The molecule has 1 saturated carbocycles. The van der Waals surface area contributed by atoms with Gasteiger partial charge in [-0.05, 0) is 46.9 Å². The van der Waals surface area contributed by atoms with Crippen molar-refractivity contribution in [2.75, 3.05) is 5.32 Å². The molecule has 1 fully saturated rings. The minimum atomic E-state index is 0.241. The molecular formula is C20H23ClIN3S2. The van der Waals surface area contributed by atoms with E-state index in [2.05, 4.69) is 50.4 Å². The lowest BCUT2D eigenvalue weighted by Gasteiger charge is -2.25. The van der Waals surface area contributed by atoms with Gasteiger partial charge in [0, 0.05) is 34.3 Å². The molecule has 0 aromatic carbocycles. The van der Waals surface area contributed by atoms with Gasteiger partial charge in [0.25, 0.3) is 0 Å². The Bertz CT molecular complexity index is 910. The minimum Gasteiger partial charge on any atom is -0.379 e. The van der Waals surface area contributed by atoms with Gasteiger partial charge in [-0.15, -0.1) is 22.7 Å². The number of nitrogens with zero attached hydrogens (tertiary/aromatic N) is 1. The number of anilines is 1. The van der Waals surface area contributed by atoms with Crippen molar-refractivity contribution in [3.8, 4) is 0 Å². The Morgan fingerprint density at radius 3 is 2.85 bits per heavy atom. The van der Waals surface area contributed by atoms with E-state index in [0.29, 0.717) is 11.1 Å². The predicted molar refractivity (Wildman–Crippen MR) is 127 cm³/mol. The molecule has 2 atom stereocenters. The van der Waals surface area contributed by atoms with Crippen LogP contribution < -0.4 is 11.1 Å². The van der Waals surface area contributed by atoms with Crippen LogP contribution in [-0.4, -0.2) is 11.0 Å². The molecule has 1 aliphatic rings. The highest BCUT2D eigenvalue weighted by Crippen LogP contribution is 2.44. The highest BCUT2D eigenvalue weighted by Gasteiger charge is 2.27. The first-order valence-electron chi connectivity index (χ1n) is 9.43. The van der Waals surface area contributed by atoms with Gasteiger partial charge in [-0.25, -0.2) is 4.98 Å². The van der Waals surface area contributed by atoms with Gasteiger partial charge >= 0.3 is 0 Å². The second-order valence-electron chi connectivity index (χ2n) is 7.15. The third kappa shape index (κ3) is 4.45. The first kappa shape index (κ1) is 19.9. The van der Waals surface area contributed by atoms with Crippen molar-refractivity contribution in [2.24, 2.45) is 5.73 Å². The maximum atomic E-state index is 6.60. The maximum Gasteiger partial charge on any atom is 0.131 e. The molecule has 3 aromatic heterocycles. The maximum absolute atomic E-state index is 6.60. The molecule has 0 radical (unpaired) electrons. The number of fused-ring (bicyclic) bond motifs is 1. The molecule has 0 spiro atoms. The molecule has 1 aliphatic carbocycles. The molecule has 0 aliphatic heterocycles. The molecule has 3 nitrogen and oxygen atoms in total. The fourth-order valence-corrected chi connectivity index (χ4v) is 7.31. The van der Waals surface area contributed by atoms with E-state index in [9.17, 15) is 0 Å². The van der Waals surface area contributed by atoms with Crippen LogP contribution in [0.4, 0.5) is 5.69 Å². The molecule has 0 saturated heterocycles. The number of hydrogen-bond donors (Lipinski definition) is 2. The van der Waals surface area contributed by atoms with Crippen LogP contribution in [-0.2, 0) is 6.54 Å². The fraction of sp³-hybridized carbons (Fsp3) is 0.450. The monoisotopic (exact) mass is 531 g/mol. The summed E-state index contributed by atoms with van der Waals surface area (Å²) in [5.74, 6) is 0.431. The molecule has 27 heavy (non-hydrogen) atoms. The zero-order valence-corrected chi connectivity index (χ0v) is 19.6. The minimum absolute atomic E-state index is 0.241. The van der Waals surface area contributed by atoms with Crippen molar-refractivity contribution < 1.29 is 0 Å². The molecule has 4 rings (SSSR count). The molecule has 144 valence electrons. The average molecular weight is 532 g/mol. The van der Waals surface area contributed by atoms with Gasteiger partial charge in [0.05, 0.1) is 19.5 Å². The number of nitrogens with two attached hydrogens (primary N) is 1. The van der Waals surface area contributed by atoms with E-state index >= 15 is 0 Å². The number of halogens is 2. The van der Waals surface area contributed by atoms with Crippen LogP contribution in [0.5, 0.6) is 0 Å².